The van der Waals surface area contributed by atoms with Crippen LogP contribution in [0, 0.1) is 0 Å². The minimum atomic E-state index is 0.207. The van der Waals surface area contributed by atoms with Crippen molar-refractivity contribution in [3.8, 4) is 0 Å². The lowest BCUT2D eigenvalue weighted by Gasteiger charge is -2.16. The molecule has 0 bridgehead atoms. The molecule has 3 rings (SSSR count). The van der Waals surface area contributed by atoms with Crippen molar-refractivity contribution in [1.82, 2.24) is 4.57 Å². The Kier molecular flexibility index (Phi) is 3.82. The van der Waals surface area contributed by atoms with Crippen molar-refractivity contribution in [2.45, 2.75) is 46.1 Å². The Bertz CT molecular complexity index is 787. The number of aromatic nitrogens is 1. The van der Waals surface area contributed by atoms with Gasteiger partial charge in [0.1, 0.15) is 0 Å². The molecule has 114 valence electrons. The molecule has 2 aromatic carbocycles. The van der Waals surface area contributed by atoms with Gasteiger partial charge in [-0.15, -0.1) is 0 Å². The van der Waals surface area contributed by atoms with Crippen molar-refractivity contribution in [2.75, 3.05) is 0 Å². The van der Waals surface area contributed by atoms with Crippen LogP contribution in [0.3, 0.4) is 0 Å². The van der Waals surface area contributed by atoms with Gasteiger partial charge in [0.2, 0.25) is 0 Å². The van der Waals surface area contributed by atoms with Crippen LogP contribution >= 0.6 is 0 Å². The highest BCUT2D eigenvalue weighted by Crippen LogP contribution is 2.26. The molecule has 1 heterocycles. The second-order valence-electron chi connectivity index (χ2n) is 7.13. The Morgan fingerprint density at radius 3 is 2.32 bits per heavy atom. The van der Waals surface area contributed by atoms with E-state index in [2.05, 4.69) is 87.0 Å². The van der Waals surface area contributed by atoms with Crippen LogP contribution < -0.4 is 0 Å². The van der Waals surface area contributed by atoms with E-state index in [0.29, 0.717) is 0 Å². The fourth-order valence-electron chi connectivity index (χ4n) is 2.95. The quantitative estimate of drug-likeness (QED) is 0.596. The number of fused-ring (bicyclic) bond motifs is 1. The number of hydrogen-bond donors (Lipinski definition) is 0. The standard InChI is InChI=1S/C21H25N/c1-5-20-13-19(21(2,3)4)15-22(20)14-16-10-11-17-8-6-7-9-18(17)12-16/h6-13,15H,5,14H2,1-4H3. The zero-order chi connectivity index (χ0) is 15.7. The van der Waals surface area contributed by atoms with E-state index in [9.17, 15) is 0 Å². The summed E-state index contributed by atoms with van der Waals surface area (Å²) in [4.78, 5) is 0. The predicted molar refractivity (Wildman–Crippen MR) is 95.6 cm³/mol. The molecular formula is C21H25N. The summed E-state index contributed by atoms with van der Waals surface area (Å²) in [5, 5.41) is 2.63. The van der Waals surface area contributed by atoms with Crippen molar-refractivity contribution in [2.24, 2.45) is 0 Å². The number of benzene rings is 2. The van der Waals surface area contributed by atoms with Gasteiger partial charge < -0.3 is 4.57 Å². The molecule has 1 aromatic heterocycles. The van der Waals surface area contributed by atoms with Crippen molar-refractivity contribution >= 4 is 10.8 Å². The normalized spacial score (nSPS) is 12.0. The molecule has 0 aliphatic carbocycles. The number of rotatable bonds is 3. The maximum Gasteiger partial charge on any atom is 0.0473 e. The molecule has 1 heteroatoms. The fourth-order valence-corrected chi connectivity index (χ4v) is 2.95. The monoisotopic (exact) mass is 291 g/mol. The maximum absolute atomic E-state index is 2.41. The Hall–Kier alpha value is -2.02. The van der Waals surface area contributed by atoms with E-state index < -0.39 is 0 Å². The molecule has 0 N–H and O–H groups in total. The van der Waals surface area contributed by atoms with Gasteiger partial charge in [0, 0.05) is 18.4 Å². The van der Waals surface area contributed by atoms with Gasteiger partial charge in [-0.25, -0.2) is 0 Å². The molecule has 0 amide bonds. The van der Waals surface area contributed by atoms with Crippen LogP contribution in [0.1, 0.15) is 44.5 Å². The molecule has 0 aliphatic rings. The highest BCUT2D eigenvalue weighted by molar-refractivity contribution is 5.82. The van der Waals surface area contributed by atoms with E-state index in [4.69, 9.17) is 0 Å². The summed E-state index contributed by atoms with van der Waals surface area (Å²) in [6, 6.07) is 17.7. The zero-order valence-electron chi connectivity index (χ0n) is 14.1. The van der Waals surface area contributed by atoms with Crippen molar-refractivity contribution < 1.29 is 0 Å². The summed E-state index contributed by atoms with van der Waals surface area (Å²) >= 11 is 0. The second-order valence-corrected chi connectivity index (χ2v) is 7.13. The summed E-state index contributed by atoms with van der Waals surface area (Å²) in [7, 11) is 0. The Balaban J connectivity index is 1.95. The summed E-state index contributed by atoms with van der Waals surface area (Å²) in [6.07, 6.45) is 3.40. The molecule has 0 radical (unpaired) electrons. The molecule has 0 atom stereocenters. The molecule has 0 fully saturated rings. The van der Waals surface area contributed by atoms with E-state index in [1.165, 1.54) is 27.6 Å². The molecule has 0 spiro atoms. The number of nitrogens with zero attached hydrogens (tertiary/aromatic N) is 1. The lowest BCUT2D eigenvalue weighted by atomic mass is 9.89. The van der Waals surface area contributed by atoms with Gasteiger partial charge >= 0.3 is 0 Å². The third-order valence-corrected chi connectivity index (χ3v) is 4.38. The minimum absolute atomic E-state index is 0.207. The molecule has 0 saturated carbocycles. The van der Waals surface area contributed by atoms with Gasteiger partial charge in [-0.2, -0.15) is 0 Å². The highest BCUT2D eigenvalue weighted by atomic mass is 15.0. The van der Waals surface area contributed by atoms with Gasteiger partial charge in [-0.1, -0.05) is 64.1 Å². The average molecular weight is 291 g/mol. The van der Waals surface area contributed by atoms with Crippen molar-refractivity contribution in [3.63, 3.8) is 0 Å². The summed E-state index contributed by atoms with van der Waals surface area (Å²) in [5.41, 5.74) is 4.41. The first-order valence-electron chi connectivity index (χ1n) is 8.14. The lowest BCUT2D eigenvalue weighted by Crippen LogP contribution is -2.09. The van der Waals surface area contributed by atoms with Crippen LogP contribution in [0.2, 0.25) is 0 Å². The largest absolute Gasteiger partial charge is 0.347 e. The third kappa shape index (κ3) is 2.94. The maximum atomic E-state index is 2.41. The molecule has 1 nitrogen and oxygen atoms in total. The van der Waals surface area contributed by atoms with E-state index in [1.807, 2.05) is 0 Å². The molecule has 0 aliphatic heterocycles. The van der Waals surface area contributed by atoms with Gasteiger partial charge in [-0.3, -0.25) is 0 Å². The lowest BCUT2D eigenvalue weighted by molar-refractivity contribution is 0.588. The van der Waals surface area contributed by atoms with Crippen LogP contribution in [0.25, 0.3) is 10.8 Å². The average Bonchev–Trinajstić information content (AvgIpc) is 2.90. The van der Waals surface area contributed by atoms with Gasteiger partial charge in [0.15, 0.2) is 0 Å². The second kappa shape index (κ2) is 5.64. The first-order chi connectivity index (χ1) is 10.5. The van der Waals surface area contributed by atoms with Crippen LogP contribution in [-0.2, 0) is 18.4 Å². The smallest absolute Gasteiger partial charge is 0.0473 e. The molecule has 0 saturated heterocycles. The summed E-state index contributed by atoms with van der Waals surface area (Å²) < 4.78 is 2.41. The molecule has 0 unspecified atom stereocenters. The van der Waals surface area contributed by atoms with Crippen LogP contribution in [0.4, 0.5) is 0 Å². The summed E-state index contributed by atoms with van der Waals surface area (Å²) in [5.74, 6) is 0. The van der Waals surface area contributed by atoms with Crippen LogP contribution in [-0.4, -0.2) is 4.57 Å². The Morgan fingerprint density at radius 1 is 0.909 bits per heavy atom. The molecule has 3 aromatic rings. The fraction of sp³-hybridized carbons (Fsp3) is 0.333. The van der Waals surface area contributed by atoms with Crippen LogP contribution in [0.15, 0.2) is 54.7 Å². The Morgan fingerprint density at radius 2 is 1.64 bits per heavy atom. The first kappa shape index (κ1) is 14.9. The van der Waals surface area contributed by atoms with E-state index in [-0.39, 0.29) is 5.41 Å². The molecular weight excluding hydrogens is 266 g/mol. The van der Waals surface area contributed by atoms with Crippen molar-refractivity contribution in [3.05, 3.63) is 71.5 Å². The Labute approximate surface area is 133 Å². The number of hydrogen-bond acceptors (Lipinski definition) is 0. The summed E-state index contributed by atoms with van der Waals surface area (Å²) in [6.45, 7) is 10.0. The van der Waals surface area contributed by atoms with Gasteiger partial charge in [0.25, 0.3) is 0 Å². The van der Waals surface area contributed by atoms with Gasteiger partial charge in [0.05, 0.1) is 0 Å². The zero-order valence-corrected chi connectivity index (χ0v) is 14.1. The topological polar surface area (TPSA) is 4.93 Å². The van der Waals surface area contributed by atoms with E-state index >= 15 is 0 Å². The van der Waals surface area contributed by atoms with E-state index in [1.54, 1.807) is 0 Å². The highest BCUT2D eigenvalue weighted by Gasteiger charge is 2.17. The molecule has 22 heavy (non-hydrogen) atoms. The van der Waals surface area contributed by atoms with Crippen molar-refractivity contribution in [1.29, 1.82) is 0 Å². The SMILES string of the molecule is CCc1cc(C(C)(C)C)cn1Cc1ccc2ccccc2c1. The predicted octanol–water partition coefficient (Wildman–Crippen LogP) is 5.55. The minimum Gasteiger partial charge on any atom is -0.347 e. The van der Waals surface area contributed by atoms with Gasteiger partial charge in [-0.05, 0) is 45.9 Å². The number of aryl methyl sites for hydroxylation is 1. The van der Waals surface area contributed by atoms with Crippen LogP contribution in [0.5, 0.6) is 0 Å². The first-order valence-corrected chi connectivity index (χ1v) is 8.14. The third-order valence-electron chi connectivity index (χ3n) is 4.38. The van der Waals surface area contributed by atoms with E-state index in [0.717, 1.165) is 13.0 Å².